The Balaban J connectivity index is 1.23. The second-order valence-corrected chi connectivity index (χ2v) is 7.17. The molecule has 0 unspecified atom stereocenters. The molecule has 8 nitrogen and oxygen atoms in total. The van der Waals surface area contributed by atoms with Crippen molar-refractivity contribution in [1.82, 2.24) is 15.5 Å². The van der Waals surface area contributed by atoms with Crippen LogP contribution in [0.4, 0.5) is 5.69 Å². The first kappa shape index (κ1) is 20.3. The Morgan fingerprint density at radius 2 is 1.87 bits per heavy atom. The number of aromatic nitrogens is 2. The average molecular weight is 418 g/mol. The Bertz CT molecular complexity index is 1160. The highest BCUT2D eigenvalue weighted by atomic mass is 16.5. The third kappa shape index (κ3) is 5.36. The van der Waals surface area contributed by atoms with E-state index in [9.17, 15) is 9.59 Å². The fourth-order valence-corrected chi connectivity index (χ4v) is 3.15. The maximum absolute atomic E-state index is 12.4. The lowest BCUT2D eigenvalue weighted by Gasteiger charge is -2.06. The summed E-state index contributed by atoms with van der Waals surface area (Å²) < 4.78 is 10.6. The zero-order chi connectivity index (χ0) is 21.6. The van der Waals surface area contributed by atoms with Gasteiger partial charge in [0.15, 0.2) is 11.6 Å². The Morgan fingerprint density at radius 3 is 2.61 bits per heavy atom. The van der Waals surface area contributed by atoms with Gasteiger partial charge in [-0.1, -0.05) is 35.5 Å². The molecule has 0 saturated heterocycles. The molecule has 0 fully saturated rings. The zero-order valence-electron chi connectivity index (χ0n) is 17.1. The van der Waals surface area contributed by atoms with Crippen molar-refractivity contribution in [2.45, 2.75) is 26.2 Å². The summed E-state index contributed by atoms with van der Waals surface area (Å²) in [5.41, 5.74) is 2.15. The van der Waals surface area contributed by atoms with E-state index < -0.39 is 0 Å². The number of carbonyl (C=O) groups is 2. The topological polar surface area (TPSA) is 110 Å². The number of anilines is 1. The fourth-order valence-electron chi connectivity index (χ4n) is 3.15. The molecule has 0 saturated carbocycles. The molecule has 0 aliphatic rings. The molecule has 2 aromatic carbocycles. The Morgan fingerprint density at radius 1 is 1.06 bits per heavy atom. The van der Waals surface area contributed by atoms with Crippen molar-refractivity contribution in [3.05, 3.63) is 77.6 Å². The highest BCUT2D eigenvalue weighted by Crippen LogP contribution is 2.20. The number of carbonyl (C=O) groups excluding carboxylic acids is 2. The second kappa shape index (κ2) is 9.25. The average Bonchev–Trinajstić information content (AvgIpc) is 3.38. The number of nitrogens with one attached hydrogen (secondary N) is 2. The first-order chi connectivity index (χ1) is 15.1. The summed E-state index contributed by atoms with van der Waals surface area (Å²) in [6.07, 6.45) is 1.61. The number of rotatable bonds is 8. The quantitative estimate of drug-likeness (QED) is 0.423. The van der Waals surface area contributed by atoms with E-state index in [1.54, 1.807) is 25.1 Å². The van der Waals surface area contributed by atoms with Crippen molar-refractivity contribution < 1.29 is 18.5 Å². The van der Waals surface area contributed by atoms with E-state index in [1.807, 2.05) is 36.4 Å². The minimum Gasteiger partial charge on any atom is -0.451 e. The predicted molar refractivity (Wildman–Crippen MR) is 115 cm³/mol. The van der Waals surface area contributed by atoms with Crippen LogP contribution in [0.2, 0.25) is 0 Å². The molecule has 0 aliphatic heterocycles. The van der Waals surface area contributed by atoms with Crippen molar-refractivity contribution in [1.29, 1.82) is 0 Å². The molecule has 8 heteroatoms. The van der Waals surface area contributed by atoms with Gasteiger partial charge in [-0.15, -0.1) is 0 Å². The van der Waals surface area contributed by atoms with E-state index in [0.717, 1.165) is 17.4 Å². The number of hydrogen-bond donors (Lipinski definition) is 2. The standard InChI is InChI=1S/C23H22N4O4/c1-15-25-22(31-27-15)7-4-12-24-21(28)13-16-8-10-18(11-9-16)26-23(29)20-14-17-5-2-3-6-19(17)30-20/h2-3,5-6,8-11,14H,4,7,12-13H2,1H3,(H,24,28)(H,26,29). The summed E-state index contributed by atoms with van der Waals surface area (Å²) in [6.45, 7) is 2.30. The maximum atomic E-state index is 12.4. The molecule has 0 spiro atoms. The number of benzene rings is 2. The van der Waals surface area contributed by atoms with E-state index in [-0.39, 0.29) is 24.0 Å². The van der Waals surface area contributed by atoms with Crippen LogP contribution in [-0.2, 0) is 17.6 Å². The fraction of sp³-hybridized carbons (Fsp3) is 0.217. The number of furan rings is 1. The Kier molecular flexibility index (Phi) is 6.07. The van der Waals surface area contributed by atoms with Crippen LogP contribution >= 0.6 is 0 Å². The van der Waals surface area contributed by atoms with Crippen LogP contribution in [0.25, 0.3) is 11.0 Å². The summed E-state index contributed by atoms with van der Waals surface area (Å²) in [7, 11) is 0. The van der Waals surface area contributed by atoms with Gasteiger partial charge < -0.3 is 19.6 Å². The van der Waals surface area contributed by atoms with Crippen molar-refractivity contribution in [2.75, 3.05) is 11.9 Å². The summed E-state index contributed by atoms with van der Waals surface area (Å²) in [6, 6.07) is 16.3. The minimum absolute atomic E-state index is 0.0687. The van der Waals surface area contributed by atoms with Gasteiger partial charge in [0, 0.05) is 24.0 Å². The van der Waals surface area contributed by atoms with E-state index in [4.69, 9.17) is 8.94 Å². The molecular formula is C23H22N4O4. The van der Waals surface area contributed by atoms with Gasteiger partial charge >= 0.3 is 0 Å². The molecule has 2 aromatic heterocycles. The van der Waals surface area contributed by atoms with E-state index in [0.29, 0.717) is 36.0 Å². The number of hydrogen-bond acceptors (Lipinski definition) is 6. The summed E-state index contributed by atoms with van der Waals surface area (Å²) in [4.78, 5) is 28.7. The second-order valence-electron chi connectivity index (χ2n) is 7.17. The third-order valence-electron chi connectivity index (χ3n) is 4.69. The molecule has 2 amide bonds. The first-order valence-electron chi connectivity index (χ1n) is 10.0. The molecule has 2 N–H and O–H groups in total. The molecule has 31 heavy (non-hydrogen) atoms. The van der Waals surface area contributed by atoms with Crippen molar-refractivity contribution >= 4 is 28.5 Å². The van der Waals surface area contributed by atoms with Crippen molar-refractivity contribution in [3.63, 3.8) is 0 Å². The summed E-state index contributed by atoms with van der Waals surface area (Å²) >= 11 is 0. The van der Waals surface area contributed by atoms with E-state index >= 15 is 0 Å². The first-order valence-corrected chi connectivity index (χ1v) is 10.0. The SMILES string of the molecule is Cc1noc(CCCNC(=O)Cc2ccc(NC(=O)c3cc4ccccc4o3)cc2)n1. The van der Waals surface area contributed by atoms with Crippen LogP contribution in [0.3, 0.4) is 0 Å². The number of nitrogens with zero attached hydrogens (tertiary/aromatic N) is 2. The highest BCUT2D eigenvalue weighted by molar-refractivity contribution is 6.04. The van der Waals surface area contributed by atoms with Crippen LogP contribution in [0.5, 0.6) is 0 Å². The Hall–Kier alpha value is -3.94. The minimum atomic E-state index is -0.321. The van der Waals surface area contributed by atoms with Crippen molar-refractivity contribution in [3.8, 4) is 0 Å². The van der Waals surface area contributed by atoms with Gasteiger partial charge in [-0.3, -0.25) is 9.59 Å². The number of aryl methyl sites for hydroxylation is 2. The molecule has 0 radical (unpaired) electrons. The van der Waals surface area contributed by atoms with Gasteiger partial charge in [-0.25, -0.2) is 0 Å². The lowest BCUT2D eigenvalue weighted by Crippen LogP contribution is -2.26. The molecule has 158 valence electrons. The Labute approximate surface area is 178 Å². The van der Waals surface area contributed by atoms with Crippen LogP contribution in [-0.4, -0.2) is 28.5 Å². The largest absolute Gasteiger partial charge is 0.451 e. The van der Waals surface area contributed by atoms with Gasteiger partial charge in [0.1, 0.15) is 5.58 Å². The predicted octanol–water partition coefficient (Wildman–Crippen LogP) is 3.67. The summed E-state index contributed by atoms with van der Waals surface area (Å²) in [5.74, 6) is 1.04. The van der Waals surface area contributed by atoms with Gasteiger partial charge in [0.2, 0.25) is 11.8 Å². The number of para-hydroxylation sites is 1. The number of fused-ring (bicyclic) bond motifs is 1. The monoisotopic (exact) mass is 418 g/mol. The van der Waals surface area contributed by atoms with Crippen LogP contribution in [0.15, 0.2) is 63.5 Å². The molecular weight excluding hydrogens is 396 g/mol. The number of amides is 2. The maximum Gasteiger partial charge on any atom is 0.291 e. The van der Waals surface area contributed by atoms with E-state index in [1.165, 1.54) is 0 Å². The highest BCUT2D eigenvalue weighted by Gasteiger charge is 2.12. The molecule has 0 aliphatic carbocycles. The zero-order valence-corrected chi connectivity index (χ0v) is 17.1. The van der Waals surface area contributed by atoms with Crippen LogP contribution in [0, 0.1) is 6.92 Å². The molecule has 4 aromatic rings. The van der Waals surface area contributed by atoms with E-state index in [2.05, 4.69) is 20.8 Å². The molecule has 0 bridgehead atoms. The van der Waals surface area contributed by atoms with Gasteiger partial charge in [-0.05, 0) is 43.2 Å². The molecule has 4 rings (SSSR count). The summed E-state index contributed by atoms with van der Waals surface area (Å²) in [5, 5.41) is 10.3. The van der Waals surface area contributed by atoms with Gasteiger partial charge in [0.25, 0.3) is 5.91 Å². The van der Waals surface area contributed by atoms with Gasteiger partial charge in [-0.2, -0.15) is 4.98 Å². The lowest BCUT2D eigenvalue weighted by atomic mass is 10.1. The van der Waals surface area contributed by atoms with Crippen LogP contribution < -0.4 is 10.6 Å². The van der Waals surface area contributed by atoms with Gasteiger partial charge in [0.05, 0.1) is 6.42 Å². The smallest absolute Gasteiger partial charge is 0.291 e. The third-order valence-corrected chi connectivity index (χ3v) is 4.69. The molecule has 2 heterocycles. The van der Waals surface area contributed by atoms with Crippen LogP contribution in [0.1, 0.15) is 34.3 Å². The van der Waals surface area contributed by atoms with Crippen molar-refractivity contribution in [2.24, 2.45) is 0 Å². The molecule has 0 atom stereocenters. The normalized spacial score (nSPS) is 10.9. The lowest BCUT2D eigenvalue weighted by molar-refractivity contribution is -0.120.